The van der Waals surface area contributed by atoms with Crippen molar-refractivity contribution < 1.29 is 14.2 Å². The molecule has 0 spiro atoms. The predicted molar refractivity (Wildman–Crippen MR) is 73.9 cm³/mol. The van der Waals surface area contributed by atoms with Gasteiger partial charge in [0.15, 0.2) is 0 Å². The zero-order chi connectivity index (χ0) is 13.6. The van der Waals surface area contributed by atoms with Crippen LogP contribution >= 0.6 is 0 Å². The molecule has 5 nitrogen and oxygen atoms in total. The first-order valence-corrected chi connectivity index (χ1v) is 6.71. The Morgan fingerprint density at radius 1 is 0.944 bits per heavy atom. The molecule has 0 radical (unpaired) electrons. The average molecular weight is 262 g/mol. The van der Waals surface area contributed by atoms with Crippen LogP contribution in [0.3, 0.4) is 0 Å². The van der Waals surface area contributed by atoms with Gasteiger partial charge in [-0.25, -0.2) is 0 Å². The molecule has 0 aromatic rings. The topological polar surface area (TPSA) is 57.0 Å². The standard InChI is InChI=1S/C13H30N2O3/c1-16-10-5-8-15(9-11-17-2)13(12-18-3)6-4-7-14/h13H,4-12,14H2,1-3H3. The smallest absolute Gasteiger partial charge is 0.0618 e. The minimum Gasteiger partial charge on any atom is -0.385 e. The van der Waals surface area contributed by atoms with Crippen molar-refractivity contribution in [2.75, 3.05) is 60.8 Å². The zero-order valence-corrected chi connectivity index (χ0v) is 12.2. The molecule has 2 N–H and O–H groups in total. The number of rotatable bonds is 13. The van der Waals surface area contributed by atoms with Gasteiger partial charge in [0, 0.05) is 47.1 Å². The van der Waals surface area contributed by atoms with Gasteiger partial charge in [-0.05, 0) is 25.8 Å². The maximum Gasteiger partial charge on any atom is 0.0618 e. The molecule has 0 saturated heterocycles. The van der Waals surface area contributed by atoms with Crippen molar-refractivity contribution in [2.45, 2.75) is 25.3 Å². The van der Waals surface area contributed by atoms with E-state index in [1.54, 1.807) is 21.3 Å². The fourth-order valence-electron chi connectivity index (χ4n) is 2.01. The third-order valence-corrected chi connectivity index (χ3v) is 2.99. The highest BCUT2D eigenvalue weighted by atomic mass is 16.5. The first-order chi connectivity index (χ1) is 8.79. The summed E-state index contributed by atoms with van der Waals surface area (Å²) in [5.41, 5.74) is 5.59. The quantitative estimate of drug-likeness (QED) is 0.496. The third-order valence-electron chi connectivity index (χ3n) is 2.99. The van der Waals surface area contributed by atoms with Crippen LogP contribution in [-0.4, -0.2) is 71.7 Å². The fourth-order valence-corrected chi connectivity index (χ4v) is 2.01. The van der Waals surface area contributed by atoms with E-state index in [-0.39, 0.29) is 0 Å². The van der Waals surface area contributed by atoms with Crippen LogP contribution in [0.5, 0.6) is 0 Å². The molecule has 0 amide bonds. The molecule has 110 valence electrons. The number of nitrogens with two attached hydrogens (primary N) is 1. The average Bonchev–Trinajstić information content (AvgIpc) is 2.39. The summed E-state index contributed by atoms with van der Waals surface area (Å²) >= 11 is 0. The van der Waals surface area contributed by atoms with E-state index in [9.17, 15) is 0 Å². The van der Waals surface area contributed by atoms with Crippen LogP contribution in [0.25, 0.3) is 0 Å². The molecule has 1 atom stereocenters. The number of nitrogens with zero attached hydrogens (tertiary/aromatic N) is 1. The Labute approximate surface area is 112 Å². The van der Waals surface area contributed by atoms with E-state index < -0.39 is 0 Å². The molecular formula is C13H30N2O3. The maximum atomic E-state index is 5.59. The molecule has 0 rings (SSSR count). The molecule has 0 saturated carbocycles. The first-order valence-electron chi connectivity index (χ1n) is 6.71. The van der Waals surface area contributed by atoms with E-state index in [1.807, 2.05) is 0 Å². The number of methoxy groups -OCH3 is 3. The summed E-state index contributed by atoms with van der Waals surface area (Å²) in [7, 11) is 5.22. The summed E-state index contributed by atoms with van der Waals surface area (Å²) in [5, 5.41) is 0. The van der Waals surface area contributed by atoms with Gasteiger partial charge in [-0.2, -0.15) is 0 Å². The van der Waals surface area contributed by atoms with Crippen molar-refractivity contribution in [2.24, 2.45) is 5.73 Å². The monoisotopic (exact) mass is 262 g/mol. The van der Waals surface area contributed by atoms with Gasteiger partial charge in [0.2, 0.25) is 0 Å². The van der Waals surface area contributed by atoms with Crippen molar-refractivity contribution in [3.05, 3.63) is 0 Å². The molecular weight excluding hydrogens is 232 g/mol. The lowest BCUT2D eigenvalue weighted by atomic mass is 10.1. The van der Waals surface area contributed by atoms with Crippen LogP contribution in [0.4, 0.5) is 0 Å². The van der Waals surface area contributed by atoms with E-state index in [0.29, 0.717) is 6.04 Å². The largest absolute Gasteiger partial charge is 0.385 e. The molecule has 0 heterocycles. The second kappa shape index (κ2) is 13.2. The van der Waals surface area contributed by atoms with Crippen molar-refractivity contribution in [1.29, 1.82) is 0 Å². The summed E-state index contributed by atoms with van der Waals surface area (Å²) in [6.07, 6.45) is 3.13. The highest BCUT2D eigenvalue weighted by Gasteiger charge is 2.17. The van der Waals surface area contributed by atoms with E-state index in [1.165, 1.54) is 0 Å². The highest BCUT2D eigenvalue weighted by Crippen LogP contribution is 2.08. The summed E-state index contributed by atoms with van der Waals surface area (Å²) in [5.74, 6) is 0. The minimum atomic E-state index is 0.422. The number of hydrogen-bond donors (Lipinski definition) is 1. The molecule has 0 aliphatic carbocycles. The number of ether oxygens (including phenoxy) is 3. The Morgan fingerprint density at radius 3 is 2.22 bits per heavy atom. The predicted octanol–water partition coefficient (Wildman–Crippen LogP) is 0.725. The lowest BCUT2D eigenvalue weighted by Gasteiger charge is -2.31. The van der Waals surface area contributed by atoms with Crippen molar-refractivity contribution in [3.63, 3.8) is 0 Å². The van der Waals surface area contributed by atoms with Crippen LogP contribution in [0.2, 0.25) is 0 Å². The Hall–Kier alpha value is -0.200. The molecule has 0 aromatic heterocycles. The van der Waals surface area contributed by atoms with Crippen LogP contribution < -0.4 is 5.73 Å². The summed E-state index contributed by atoms with van der Waals surface area (Å²) < 4.78 is 15.6. The van der Waals surface area contributed by atoms with E-state index in [0.717, 1.165) is 58.7 Å². The number of hydrogen-bond acceptors (Lipinski definition) is 5. The van der Waals surface area contributed by atoms with Gasteiger partial charge in [-0.1, -0.05) is 0 Å². The molecule has 0 aliphatic rings. The van der Waals surface area contributed by atoms with E-state index in [4.69, 9.17) is 19.9 Å². The molecule has 0 fully saturated rings. The van der Waals surface area contributed by atoms with Gasteiger partial charge in [0.1, 0.15) is 0 Å². The summed E-state index contributed by atoms with van der Waals surface area (Å²) in [4.78, 5) is 2.42. The molecule has 1 unspecified atom stereocenters. The third kappa shape index (κ3) is 8.83. The molecule has 18 heavy (non-hydrogen) atoms. The minimum absolute atomic E-state index is 0.422. The first kappa shape index (κ1) is 17.8. The van der Waals surface area contributed by atoms with Crippen LogP contribution in [-0.2, 0) is 14.2 Å². The SMILES string of the molecule is COCCCN(CCOC)C(CCCN)COC. The maximum absolute atomic E-state index is 5.59. The fraction of sp³-hybridized carbons (Fsp3) is 1.00. The van der Waals surface area contributed by atoms with Crippen molar-refractivity contribution in [3.8, 4) is 0 Å². The lowest BCUT2D eigenvalue weighted by Crippen LogP contribution is -2.41. The Morgan fingerprint density at radius 2 is 1.67 bits per heavy atom. The normalized spacial score (nSPS) is 13.2. The Balaban J connectivity index is 4.22. The van der Waals surface area contributed by atoms with E-state index >= 15 is 0 Å². The molecule has 0 aliphatic heterocycles. The van der Waals surface area contributed by atoms with E-state index in [2.05, 4.69) is 4.90 Å². The summed E-state index contributed by atoms with van der Waals surface area (Å²) in [6.45, 7) is 4.96. The van der Waals surface area contributed by atoms with Gasteiger partial charge >= 0.3 is 0 Å². The molecule has 5 heteroatoms. The van der Waals surface area contributed by atoms with Gasteiger partial charge in [0.05, 0.1) is 13.2 Å². The van der Waals surface area contributed by atoms with Crippen molar-refractivity contribution >= 4 is 0 Å². The van der Waals surface area contributed by atoms with Crippen LogP contribution in [0.15, 0.2) is 0 Å². The van der Waals surface area contributed by atoms with Gasteiger partial charge < -0.3 is 19.9 Å². The molecule has 0 bridgehead atoms. The second-order valence-electron chi connectivity index (χ2n) is 4.42. The van der Waals surface area contributed by atoms with Gasteiger partial charge in [-0.3, -0.25) is 4.90 Å². The van der Waals surface area contributed by atoms with Crippen molar-refractivity contribution in [1.82, 2.24) is 4.90 Å². The Kier molecular flexibility index (Phi) is 13.1. The Bertz CT molecular complexity index is 170. The molecule has 0 aromatic carbocycles. The van der Waals surface area contributed by atoms with Gasteiger partial charge in [0.25, 0.3) is 0 Å². The van der Waals surface area contributed by atoms with Gasteiger partial charge in [-0.15, -0.1) is 0 Å². The van der Waals surface area contributed by atoms with Crippen LogP contribution in [0, 0.1) is 0 Å². The van der Waals surface area contributed by atoms with Crippen LogP contribution in [0.1, 0.15) is 19.3 Å². The zero-order valence-electron chi connectivity index (χ0n) is 12.2. The summed E-state index contributed by atoms with van der Waals surface area (Å²) in [6, 6.07) is 0.422. The second-order valence-corrected chi connectivity index (χ2v) is 4.42. The lowest BCUT2D eigenvalue weighted by molar-refractivity contribution is 0.0564. The highest BCUT2D eigenvalue weighted by molar-refractivity contribution is 4.72.